The zero-order chi connectivity index (χ0) is 13.1. The molecule has 0 atom stereocenters. The number of amides is 2. The van der Waals surface area contributed by atoms with Crippen LogP contribution in [0.15, 0.2) is 22.7 Å². The van der Waals surface area contributed by atoms with Crippen LogP contribution in [0.2, 0.25) is 0 Å². The fraction of sp³-hybridized carbons (Fsp3) is 0.462. The van der Waals surface area contributed by atoms with E-state index in [-0.39, 0.29) is 6.03 Å². The van der Waals surface area contributed by atoms with Gasteiger partial charge in [0.05, 0.1) is 0 Å². The molecule has 0 saturated carbocycles. The van der Waals surface area contributed by atoms with Crippen molar-refractivity contribution >= 4 is 27.6 Å². The Balaban J connectivity index is 1.91. The van der Waals surface area contributed by atoms with Crippen LogP contribution in [0, 0.1) is 6.92 Å². The second-order valence-electron chi connectivity index (χ2n) is 4.71. The Labute approximate surface area is 116 Å². The Kier molecular flexibility index (Phi) is 4.11. The number of piperidine rings is 1. The molecule has 0 spiro atoms. The molecule has 0 bridgehead atoms. The summed E-state index contributed by atoms with van der Waals surface area (Å²) in [6.07, 6.45) is 1.89. The summed E-state index contributed by atoms with van der Waals surface area (Å²) >= 11 is 3.49. The zero-order valence-electron chi connectivity index (χ0n) is 10.4. The summed E-state index contributed by atoms with van der Waals surface area (Å²) < 4.78 is 1.12. The van der Waals surface area contributed by atoms with Crippen LogP contribution >= 0.6 is 15.9 Å². The van der Waals surface area contributed by atoms with E-state index in [1.165, 1.54) is 5.56 Å². The second kappa shape index (κ2) is 5.61. The third-order valence-corrected chi connectivity index (χ3v) is 4.23. The number of carbonyl (C=O) groups is 1. The summed E-state index contributed by atoms with van der Waals surface area (Å²) in [6.45, 7) is 3.55. The Bertz CT molecular complexity index is 442. The van der Waals surface area contributed by atoms with Gasteiger partial charge in [0.2, 0.25) is 0 Å². The Morgan fingerprint density at radius 2 is 2.11 bits per heavy atom. The highest BCUT2D eigenvalue weighted by atomic mass is 79.9. The molecule has 0 aliphatic carbocycles. The highest BCUT2D eigenvalue weighted by Gasteiger charge is 2.20. The number of anilines is 1. The SMILES string of the molecule is Cc1cc(NC2CCN(C(N)=O)CC2)ccc1Br. The number of hydrogen-bond acceptors (Lipinski definition) is 2. The molecule has 1 fully saturated rings. The number of nitrogens with zero attached hydrogens (tertiary/aromatic N) is 1. The van der Waals surface area contributed by atoms with Gasteiger partial charge in [-0.3, -0.25) is 0 Å². The highest BCUT2D eigenvalue weighted by Crippen LogP contribution is 2.22. The number of nitrogens with one attached hydrogen (secondary N) is 1. The predicted molar refractivity (Wildman–Crippen MR) is 76.7 cm³/mol. The normalized spacial score (nSPS) is 16.7. The van der Waals surface area contributed by atoms with Crippen molar-refractivity contribution in [1.82, 2.24) is 4.90 Å². The number of hydrogen-bond donors (Lipinski definition) is 2. The minimum absolute atomic E-state index is 0.312. The number of carbonyl (C=O) groups excluding carboxylic acids is 1. The van der Waals surface area contributed by atoms with Crippen molar-refractivity contribution in [3.8, 4) is 0 Å². The smallest absolute Gasteiger partial charge is 0.314 e. The van der Waals surface area contributed by atoms with Gasteiger partial charge >= 0.3 is 6.03 Å². The van der Waals surface area contributed by atoms with Crippen molar-refractivity contribution in [3.63, 3.8) is 0 Å². The van der Waals surface area contributed by atoms with E-state index in [0.29, 0.717) is 6.04 Å². The van der Waals surface area contributed by atoms with Crippen molar-refractivity contribution in [1.29, 1.82) is 0 Å². The minimum Gasteiger partial charge on any atom is -0.382 e. The molecule has 18 heavy (non-hydrogen) atoms. The van der Waals surface area contributed by atoms with Crippen molar-refractivity contribution < 1.29 is 4.79 Å². The fourth-order valence-electron chi connectivity index (χ4n) is 2.21. The molecule has 3 N–H and O–H groups in total. The molecular formula is C13H18BrN3O. The number of likely N-dealkylation sites (tertiary alicyclic amines) is 1. The minimum atomic E-state index is -0.312. The van der Waals surface area contributed by atoms with Gasteiger partial charge in [-0.1, -0.05) is 15.9 Å². The molecule has 1 aliphatic rings. The van der Waals surface area contributed by atoms with Gasteiger partial charge in [0, 0.05) is 29.3 Å². The van der Waals surface area contributed by atoms with E-state index in [9.17, 15) is 4.79 Å². The standard InChI is InChI=1S/C13H18BrN3O/c1-9-8-11(2-3-12(9)14)16-10-4-6-17(7-5-10)13(15)18/h2-3,8,10,16H,4-7H2,1H3,(H2,15,18). The van der Waals surface area contributed by atoms with Crippen LogP contribution in [0.4, 0.5) is 10.5 Å². The van der Waals surface area contributed by atoms with Gasteiger partial charge in [-0.25, -0.2) is 4.79 Å². The first-order valence-electron chi connectivity index (χ1n) is 6.13. The summed E-state index contributed by atoms with van der Waals surface area (Å²) in [5.41, 5.74) is 7.61. The van der Waals surface area contributed by atoms with Crippen LogP contribution in [-0.2, 0) is 0 Å². The maximum absolute atomic E-state index is 11.0. The number of halogens is 1. The summed E-state index contributed by atoms with van der Waals surface area (Å²) in [7, 11) is 0. The third-order valence-electron chi connectivity index (χ3n) is 3.34. The number of benzene rings is 1. The molecule has 0 radical (unpaired) electrons. The van der Waals surface area contributed by atoms with Gasteiger partial charge in [-0.2, -0.15) is 0 Å². The molecule has 5 heteroatoms. The summed E-state index contributed by atoms with van der Waals surface area (Å²) in [5.74, 6) is 0. The molecule has 0 unspecified atom stereocenters. The molecule has 4 nitrogen and oxygen atoms in total. The van der Waals surface area contributed by atoms with Crippen molar-refractivity contribution in [3.05, 3.63) is 28.2 Å². The molecule has 0 aromatic heterocycles. The van der Waals surface area contributed by atoms with Crippen LogP contribution in [0.1, 0.15) is 18.4 Å². The quantitative estimate of drug-likeness (QED) is 0.882. The Morgan fingerprint density at radius 1 is 1.44 bits per heavy atom. The molecule has 1 saturated heterocycles. The Morgan fingerprint density at radius 3 is 2.67 bits per heavy atom. The first-order chi connectivity index (χ1) is 8.56. The van der Waals surface area contributed by atoms with Crippen molar-refractivity contribution in [2.75, 3.05) is 18.4 Å². The lowest BCUT2D eigenvalue weighted by molar-refractivity contribution is 0.193. The molecule has 2 rings (SSSR count). The van der Waals surface area contributed by atoms with E-state index in [1.807, 2.05) is 0 Å². The average Bonchev–Trinajstić information content (AvgIpc) is 2.34. The van der Waals surface area contributed by atoms with Gasteiger partial charge in [-0.05, 0) is 43.5 Å². The van der Waals surface area contributed by atoms with E-state index in [0.717, 1.165) is 36.1 Å². The van der Waals surface area contributed by atoms with Crippen molar-refractivity contribution in [2.24, 2.45) is 5.73 Å². The maximum Gasteiger partial charge on any atom is 0.314 e. The lowest BCUT2D eigenvalue weighted by Crippen LogP contribution is -2.44. The topological polar surface area (TPSA) is 58.4 Å². The zero-order valence-corrected chi connectivity index (χ0v) is 12.0. The van der Waals surface area contributed by atoms with Gasteiger partial charge in [0.25, 0.3) is 0 Å². The van der Waals surface area contributed by atoms with Crippen molar-refractivity contribution in [2.45, 2.75) is 25.8 Å². The van der Waals surface area contributed by atoms with E-state index >= 15 is 0 Å². The summed E-state index contributed by atoms with van der Waals surface area (Å²) in [6, 6.07) is 6.35. The molecule has 1 aromatic carbocycles. The van der Waals surface area contributed by atoms with E-state index in [1.54, 1.807) is 4.90 Å². The molecule has 1 aliphatic heterocycles. The lowest BCUT2D eigenvalue weighted by Gasteiger charge is -2.31. The average molecular weight is 312 g/mol. The number of rotatable bonds is 2. The highest BCUT2D eigenvalue weighted by molar-refractivity contribution is 9.10. The van der Waals surface area contributed by atoms with E-state index < -0.39 is 0 Å². The molecule has 98 valence electrons. The van der Waals surface area contributed by atoms with Crippen LogP contribution < -0.4 is 11.1 Å². The summed E-state index contributed by atoms with van der Waals surface area (Å²) in [4.78, 5) is 12.7. The molecule has 1 aromatic rings. The number of primary amides is 1. The van der Waals surface area contributed by atoms with Gasteiger partial charge in [-0.15, -0.1) is 0 Å². The van der Waals surface area contributed by atoms with Gasteiger partial charge < -0.3 is 16.0 Å². The van der Waals surface area contributed by atoms with Crippen LogP contribution in [-0.4, -0.2) is 30.1 Å². The number of nitrogens with two attached hydrogens (primary N) is 1. The summed E-state index contributed by atoms with van der Waals surface area (Å²) in [5, 5.41) is 3.51. The monoisotopic (exact) mass is 311 g/mol. The van der Waals surface area contributed by atoms with E-state index in [4.69, 9.17) is 5.73 Å². The van der Waals surface area contributed by atoms with Gasteiger partial charge in [0.15, 0.2) is 0 Å². The number of aryl methyl sites for hydroxylation is 1. The number of urea groups is 1. The maximum atomic E-state index is 11.0. The Hall–Kier alpha value is -1.23. The van der Waals surface area contributed by atoms with Gasteiger partial charge in [0.1, 0.15) is 0 Å². The van der Waals surface area contributed by atoms with Crippen LogP contribution in [0.25, 0.3) is 0 Å². The second-order valence-corrected chi connectivity index (χ2v) is 5.56. The molecule has 1 heterocycles. The first kappa shape index (κ1) is 13.2. The van der Waals surface area contributed by atoms with Crippen LogP contribution in [0.3, 0.4) is 0 Å². The van der Waals surface area contributed by atoms with E-state index in [2.05, 4.69) is 46.4 Å². The molecule has 2 amide bonds. The van der Waals surface area contributed by atoms with Crippen LogP contribution in [0.5, 0.6) is 0 Å². The largest absolute Gasteiger partial charge is 0.382 e. The predicted octanol–water partition coefficient (Wildman–Crippen LogP) is 2.71. The lowest BCUT2D eigenvalue weighted by atomic mass is 10.0. The third kappa shape index (κ3) is 3.16. The first-order valence-corrected chi connectivity index (χ1v) is 6.92. The fourth-order valence-corrected chi connectivity index (χ4v) is 2.46. The molecular weight excluding hydrogens is 294 g/mol.